The molecule has 5 fully saturated rings. The van der Waals surface area contributed by atoms with Crippen molar-refractivity contribution in [2.75, 3.05) is 18.4 Å². The van der Waals surface area contributed by atoms with E-state index >= 15 is 4.39 Å². The summed E-state index contributed by atoms with van der Waals surface area (Å²) in [7, 11) is 0. The summed E-state index contributed by atoms with van der Waals surface area (Å²) in [6.07, 6.45) is 0.729. The number of pyridine rings is 1. The number of anilines is 1. The number of halogens is 3. The molecule has 2 bridgehead atoms. The van der Waals surface area contributed by atoms with Gasteiger partial charge in [-0.3, -0.25) is 19.2 Å². The van der Waals surface area contributed by atoms with Crippen molar-refractivity contribution in [2.24, 2.45) is 35.0 Å². The molecule has 0 radical (unpaired) electrons. The standard InChI is InChI=1S/C32H37F3N6O5/c1-30(2,3)24(38-26(42)19-6-7-32(19,34)35)28(44)40-13-18-15-9-17(20(33)10-15)22(18)23(40)27(43)41-14-31(11-16(41)12-36)29(45)39-25-21(46-31)5-4-8-37-25/h4-5,8,15-20,22-24H,6-7,9-11,13-14H2,1-3H3,(H,38,42)(H,37,39,45)/t15-,16-,17+,18+,19+,20+,22-,23-,24+,31+/m0/s1. The Labute approximate surface area is 264 Å². The zero-order valence-electron chi connectivity index (χ0n) is 25.8. The lowest BCUT2D eigenvalue weighted by Crippen LogP contribution is -2.62. The second-order valence-electron chi connectivity index (χ2n) is 15.0. The second kappa shape index (κ2) is 10.3. The van der Waals surface area contributed by atoms with Gasteiger partial charge in [-0.1, -0.05) is 20.8 Å². The molecule has 6 aliphatic rings. The molecule has 4 heterocycles. The molecule has 3 aliphatic heterocycles. The highest BCUT2D eigenvalue weighted by Crippen LogP contribution is 2.59. The van der Waals surface area contributed by atoms with Crippen molar-refractivity contribution in [3.8, 4) is 11.8 Å². The van der Waals surface area contributed by atoms with Crippen LogP contribution in [0, 0.1) is 46.3 Å². The van der Waals surface area contributed by atoms with E-state index in [1.807, 2.05) is 0 Å². The smallest absolute Gasteiger partial charge is 0.271 e. The summed E-state index contributed by atoms with van der Waals surface area (Å²) < 4.78 is 49.7. The van der Waals surface area contributed by atoms with Gasteiger partial charge in [0.05, 0.1) is 12.6 Å². The van der Waals surface area contributed by atoms with Crippen LogP contribution in [-0.2, 0) is 19.2 Å². The van der Waals surface area contributed by atoms with Gasteiger partial charge >= 0.3 is 0 Å². The van der Waals surface area contributed by atoms with Crippen molar-refractivity contribution in [1.29, 1.82) is 5.26 Å². The Morgan fingerprint density at radius 2 is 1.98 bits per heavy atom. The molecule has 3 aliphatic carbocycles. The van der Waals surface area contributed by atoms with Gasteiger partial charge in [0.1, 0.15) is 30.2 Å². The molecule has 3 saturated carbocycles. The third-order valence-electron chi connectivity index (χ3n) is 11.3. The molecule has 2 saturated heterocycles. The maximum Gasteiger partial charge on any atom is 0.271 e. The second-order valence-corrected chi connectivity index (χ2v) is 15.0. The highest BCUT2D eigenvalue weighted by Gasteiger charge is 2.65. The fraction of sp³-hybridized carbons (Fsp3) is 0.688. The molecule has 0 unspecified atom stereocenters. The average Bonchev–Trinajstić information content (AvgIpc) is 3.74. The minimum absolute atomic E-state index is 0.00253. The van der Waals surface area contributed by atoms with Crippen molar-refractivity contribution in [1.82, 2.24) is 20.1 Å². The zero-order chi connectivity index (χ0) is 32.9. The molecule has 1 aromatic heterocycles. The highest BCUT2D eigenvalue weighted by atomic mass is 19.3. The van der Waals surface area contributed by atoms with E-state index in [2.05, 4.69) is 21.7 Å². The van der Waals surface area contributed by atoms with Crippen molar-refractivity contribution < 1.29 is 37.1 Å². The van der Waals surface area contributed by atoms with E-state index in [0.717, 1.165) is 0 Å². The summed E-state index contributed by atoms with van der Waals surface area (Å²) in [5, 5.41) is 15.4. The number of aromatic nitrogens is 1. The Morgan fingerprint density at radius 1 is 1.22 bits per heavy atom. The number of fused-ring (bicyclic) bond motifs is 6. The van der Waals surface area contributed by atoms with E-state index in [9.17, 15) is 33.2 Å². The molecule has 7 rings (SSSR count). The van der Waals surface area contributed by atoms with Gasteiger partial charge in [-0.25, -0.2) is 18.2 Å². The summed E-state index contributed by atoms with van der Waals surface area (Å²) in [6.45, 7) is 4.97. The maximum atomic E-state index is 15.3. The number of likely N-dealkylation sites (tertiary alicyclic amines) is 2. The number of hydrogen-bond donors (Lipinski definition) is 2. The number of alkyl halides is 3. The van der Waals surface area contributed by atoms with Crippen LogP contribution in [0.15, 0.2) is 18.3 Å². The van der Waals surface area contributed by atoms with Gasteiger partial charge in [-0.05, 0) is 60.5 Å². The van der Waals surface area contributed by atoms with E-state index < -0.39 is 89.0 Å². The van der Waals surface area contributed by atoms with Crippen molar-refractivity contribution in [3.63, 3.8) is 0 Å². The van der Waals surface area contributed by atoms with Gasteiger partial charge in [-0.2, -0.15) is 5.26 Å². The first-order chi connectivity index (χ1) is 21.6. The van der Waals surface area contributed by atoms with Crippen LogP contribution in [0.2, 0.25) is 0 Å². The third-order valence-corrected chi connectivity index (χ3v) is 11.3. The number of nitrogens with zero attached hydrogens (tertiary/aromatic N) is 4. The molecule has 10 atom stereocenters. The van der Waals surface area contributed by atoms with Crippen molar-refractivity contribution >= 4 is 29.4 Å². The number of carbonyl (C=O) groups excluding carboxylic acids is 4. The molecule has 246 valence electrons. The number of nitrogens with one attached hydrogen (secondary N) is 2. The van der Waals surface area contributed by atoms with E-state index in [1.54, 1.807) is 32.9 Å². The molecular formula is C32H37F3N6O5. The van der Waals surface area contributed by atoms with Crippen LogP contribution in [-0.4, -0.2) is 87.3 Å². The van der Waals surface area contributed by atoms with Gasteiger partial charge < -0.3 is 25.2 Å². The van der Waals surface area contributed by atoms with Crippen LogP contribution in [0.1, 0.15) is 52.9 Å². The number of nitriles is 1. The Balaban J connectivity index is 1.21. The molecule has 1 aromatic rings. The predicted molar refractivity (Wildman–Crippen MR) is 155 cm³/mol. The molecule has 4 amide bonds. The fourth-order valence-electron chi connectivity index (χ4n) is 8.81. The largest absolute Gasteiger partial charge is 0.472 e. The molecule has 11 nitrogen and oxygen atoms in total. The monoisotopic (exact) mass is 642 g/mol. The topological polar surface area (TPSA) is 145 Å². The Bertz CT molecular complexity index is 1540. The lowest BCUT2D eigenvalue weighted by molar-refractivity contribution is -0.165. The Hall–Kier alpha value is -3.89. The normalized spacial score (nSPS) is 37.5. The summed E-state index contributed by atoms with van der Waals surface area (Å²) >= 11 is 0. The molecule has 1 spiro atoms. The van der Waals surface area contributed by atoms with Crippen LogP contribution in [0.4, 0.5) is 19.0 Å². The van der Waals surface area contributed by atoms with Crippen LogP contribution in [0.5, 0.6) is 5.75 Å². The molecular weight excluding hydrogens is 605 g/mol. The fourth-order valence-corrected chi connectivity index (χ4v) is 8.81. The quantitative estimate of drug-likeness (QED) is 0.514. The number of amides is 4. The maximum absolute atomic E-state index is 15.3. The van der Waals surface area contributed by atoms with Crippen molar-refractivity contribution in [3.05, 3.63) is 18.3 Å². The Kier molecular flexibility index (Phi) is 6.89. The van der Waals surface area contributed by atoms with Gasteiger partial charge in [0.2, 0.25) is 23.3 Å². The number of rotatable bonds is 4. The summed E-state index contributed by atoms with van der Waals surface area (Å²) in [5.41, 5.74) is -2.49. The van der Waals surface area contributed by atoms with Crippen LogP contribution in [0.25, 0.3) is 0 Å². The third kappa shape index (κ3) is 4.55. The summed E-state index contributed by atoms with van der Waals surface area (Å²) in [4.78, 5) is 62.1. The van der Waals surface area contributed by atoms with Crippen LogP contribution < -0.4 is 15.4 Å². The minimum Gasteiger partial charge on any atom is -0.472 e. The van der Waals surface area contributed by atoms with Gasteiger partial charge in [0.25, 0.3) is 11.8 Å². The average molecular weight is 643 g/mol. The molecule has 14 heteroatoms. The zero-order valence-corrected chi connectivity index (χ0v) is 25.8. The first kappa shape index (κ1) is 30.7. The van der Waals surface area contributed by atoms with Crippen LogP contribution >= 0.6 is 0 Å². The van der Waals surface area contributed by atoms with E-state index in [4.69, 9.17) is 4.74 Å². The first-order valence-electron chi connectivity index (χ1n) is 15.9. The number of hydrogen-bond acceptors (Lipinski definition) is 7. The van der Waals surface area contributed by atoms with Crippen LogP contribution in [0.3, 0.4) is 0 Å². The van der Waals surface area contributed by atoms with Crippen molar-refractivity contribution in [2.45, 2.75) is 88.7 Å². The van der Waals surface area contributed by atoms with Gasteiger partial charge in [0, 0.05) is 25.6 Å². The Morgan fingerprint density at radius 3 is 2.63 bits per heavy atom. The van der Waals surface area contributed by atoms with Gasteiger partial charge in [-0.15, -0.1) is 0 Å². The number of ether oxygens (including phenoxy) is 1. The SMILES string of the molecule is CC(C)(C)[C@H](NC(=O)[C@H]1CCC1(F)F)C(=O)N1C[C@@H]2[C@H]3C[C@@H]([C@@H]2[C@H]1C(=O)N1C[C@@]2(C[C@H]1C#N)Oc1cccnc1NC2=O)[C@H](F)C3. The highest BCUT2D eigenvalue weighted by molar-refractivity contribution is 6.01. The molecule has 0 aromatic carbocycles. The molecule has 46 heavy (non-hydrogen) atoms. The predicted octanol–water partition coefficient (Wildman–Crippen LogP) is 2.67. The molecule has 2 N–H and O–H groups in total. The van der Waals surface area contributed by atoms with E-state index in [1.165, 1.54) is 16.0 Å². The van der Waals surface area contributed by atoms with E-state index in [0.29, 0.717) is 18.6 Å². The lowest BCUT2D eigenvalue weighted by atomic mass is 9.77. The van der Waals surface area contributed by atoms with E-state index in [-0.39, 0.29) is 43.6 Å². The van der Waals surface area contributed by atoms with Gasteiger partial charge in [0.15, 0.2) is 11.6 Å². The lowest BCUT2D eigenvalue weighted by Gasteiger charge is -2.40. The minimum atomic E-state index is -3.16. The number of carbonyl (C=O) groups is 4. The summed E-state index contributed by atoms with van der Waals surface area (Å²) in [6, 6.07) is 1.88. The summed E-state index contributed by atoms with van der Waals surface area (Å²) in [5.74, 6) is -8.08. The first-order valence-corrected chi connectivity index (χ1v) is 15.9.